The molecule has 2 aromatic rings. The number of rotatable bonds is 4. The van der Waals surface area contributed by atoms with Gasteiger partial charge in [0.1, 0.15) is 0 Å². The van der Waals surface area contributed by atoms with Crippen LogP contribution in [0, 0.1) is 20.8 Å². The maximum Gasteiger partial charge on any atom is 0.332 e. The van der Waals surface area contributed by atoms with Crippen molar-refractivity contribution in [2.75, 3.05) is 0 Å². The Kier molecular flexibility index (Phi) is 5.31. The highest BCUT2D eigenvalue weighted by Gasteiger charge is 2.05. The number of amides is 2. The molecule has 0 aromatic heterocycles. The van der Waals surface area contributed by atoms with E-state index >= 15 is 0 Å². The average molecular weight is 307 g/mol. The monoisotopic (exact) mass is 307 g/mol. The van der Waals surface area contributed by atoms with Gasteiger partial charge in [0.2, 0.25) is 0 Å². The van der Waals surface area contributed by atoms with Crippen LogP contribution in [0.3, 0.4) is 0 Å². The summed E-state index contributed by atoms with van der Waals surface area (Å²) in [6.07, 6.45) is 3.68. The molecule has 0 aliphatic rings. The molecule has 0 unspecified atom stereocenters. The Morgan fingerprint density at radius 1 is 1.09 bits per heavy atom. The van der Waals surface area contributed by atoms with Crippen molar-refractivity contribution < 1.29 is 4.79 Å². The molecule has 2 aromatic carbocycles. The Bertz CT molecular complexity index is 738. The molecule has 0 fully saturated rings. The number of benzene rings is 2. The van der Waals surface area contributed by atoms with E-state index in [-0.39, 0.29) is 0 Å². The van der Waals surface area contributed by atoms with Gasteiger partial charge in [-0.15, -0.1) is 0 Å². The van der Waals surface area contributed by atoms with E-state index < -0.39 is 6.03 Å². The summed E-state index contributed by atoms with van der Waals surface area (Å²) >= 11 is 0. The van der Waals surface area contributed by atoms with Gasteiger partial charge in [0.25, 0.3) is 0 Å². The lowest BCUT2D eigenvalue weighted by Crippen LogP contribution is -2.24. The summed E-state index contributed by atoms with van der Waals surface area (Å²) in [5.41, 5.74) is 14.0. The van der Waals surface area contributed by atoms with Crippen molar-refractivity contribution in [2.24, 2.45) is 10.8 Å². The molecule has 0 aliphatic heterocycles. The maximum absolute atomic E-state index is 10.8. The van der Waals surface area contributed by atoms with Gasteiger partial charge < -0.3 is 5.73 Å². The Morgan fingerprint density at radius 3 is 2.26 bits per heavy atom. The third-order valence-corrected chi connectivity index (χ3v) is 3.52. The fourth-order valence-corrected chi connectivity index (χ4v) is 2.57. The molecule has 2 amide bonds. The maximum atomic E-state index is 10.8. The fourth-order valence-electron chi connectivity index (χ4n) is 2.57. The Labute approximate surface area is 136 Å². The fraction of sp³-hybridized carbons (Fsp3) is 0.158. The highest BCUT2D eigenvalue weighted by Crippen LogP contribution is 2.23. The molecule has 4 nitrogen and oxygen atoms in total. The molecule has 4 heteroatoms. The van der Waals surface area contributed by atoms with Crippen LogP contribution in [0.15, 0.2) is 47.6 Å². The summed E-state index contributed by atoms with van der Waals surface area (Å²) in [4.78, 5) is 10.8. The average Bonchev–Trinajstić information content (AvgIpc) is 2.49. The number of allylic oxidation sites excluding steroid dienone is 1. The molecule has 0 spiro atoms. The molecule has 0 aliphatic carbocycles. The second kappa shape index (κ2) is 7.40. The van der Waals surface area contributed by atoms with E-state index in [1.54, 1.807) is 6.21 Å². The first kappa shape index (κ1) is 16.5. The first-order valence-corrected chi connectivity index (χ1v) is 7.41. The quantitative estimate of drug-likeness (QED) is 0.503. The molecule has 118 valence electrons. The second-order valence-electron chi connectivity index (χ2n) is 5.51. The van der Waals surface area contributed by atoms with E-state index in [0.717, 1.165) is 16.7 Å². The van der Waals surface area contributed by atoms with Crippen molar-refractivity contribution in [3.63, 3.8) is 0 Å². The minimum atomic E-state index is -0.684. The van der Waals surface area contributed by atoms with Crippen LogP contribution in [-0.2, 0) is 0 Å². The molecule has 0 heterocycles. The third-order valence-electron chi connectivity index (χ3n) is 3.52. The highest BCUT2D eigenvalue weighted by atomic mass is 16.2. The molecule has 2 rings (SSSR count). The molecule has 0 saturated heterocycles. The predicted octanol–water partition coefficient (Wildman–Crippen LogP) is 3.81. The first-order chi connectivity index (χ1) is 11.0. The molecule has 0 radical (unpaired) electrons. The zero-order valence-corrected chi connectivity index (χ0v) is 13.6. The van der Waals surface area contributed by atoms with Crippen molar-refractivity contribution in [1.82, 2.24) is 5.43 Å². The molecule has 0 saturated carbocycles. The standard InChI is InChI=1S/C19H21N3O/c1-13-9-14(2)18(15(3)10-13)11-17(12-21-22-19(20)23)16-7-5-4-6-8-16/h4-12H,1-3H3,(H3,20,22,23)/b17-11+,21-12?. The summed E-state index contributed by atoms with van der Waals surface area (Å²) in [5.74, 6) is 0. The number of nitrogens with zero attached hydrogens (tertiary/aromatic N) is 1. The molecule has 3 N–H and O–H groups in total. The van der Waals surface area contributed by atoms with Crippen molar-refractivity contribution in [3.8, 4) is 0 Å². The molecule has 23 heavy (non-hydrogen) atoms. The minimum absolute atomic E-state index is 0.684. The number of hydrogen-bond donors (Lipinski definition) is 2. The normalized spacial score (nSPS) is 11.7. The summed E-state index contributed by atoms with van der Waals surface area (Å²) in [5, 5.41) is 3.90. The lowest BCUT2D eigenvalue weighted by atomic mass is 9.96. The lowest BCUT2D eigenvalue weighted by molar-refractivity contribution is 0.249. The van der Waals surface area contributed by atoms with Gasteiger partial charge in [-0.2, -0.15) is 5.10 Å². The number of hydrogen-bond acceptors (Lipinski definition) is 2. The summed E-state index contributed by atoms with van der Waals surface area (Å²) in [6.45, 7) is 6.27. The van der Waals surface area contributed by atoms with E-state index in [1.807, 2.05) is 30.3 Å². The van der Waals surface area contributed by atoms with Crippen LogP contribution in [0.25, 0.3) is 11.6 Å². The number of carbonyl (C=O) groups excluding carboxylic acids is 1. The van der Waals surface area contributed by atoms with Gasteiger partial charge in [-0.3, -0.25) is 0 Å². The third kappa shape index (κ3) is 4.54. The summed E-state index contributed by atoms with van der Waals surface area (Å²) < 4.78 is 0. The predicted molar refractivity (Wildman–Crippen MR) is 96.2 cm³/mol. The van der Waals surface area contributed by atoms with Crippen LogP contribution in [0.2, 0.25) is 0 Å². The Morgan fingerprint density at radius 2 is 1.70 bits per heavy atom. The van der Waals surface area contributed by atoms with Crippen LogP contribution >= 0.6 is 0 Å². The van der Waals surface area contributed by atoms with Gasteiger partial charge in [-0.05, 0) is 49.1 Å². The van der Waals surface area contributed by atoms with Crippen LogP contribution < -0.4 is 11.2 Å². The Hall–Kier alpha value is -2.88. The van der Waals surface area contributed by atoms with E-state index in [1.165, 1.54) is 16.7 Å². The lowest BCUT2D eigenvalue weighted by Gasteiger charge is -2.10. The van der Waals surface area contributed by atoms with Gasteiger partial charge >= 0.3 is 6.03 Å². The van der Waals surface area contributed by atoms with E-state index in [4.69, 9.17) is 5.73 Å². The number of primary amides is 1. The SMILES string of the molecule is Cc1cc(C)c(/C=C(\C=NNC(N)=O)c2ccccc2)c(C)c1. The van der Waals surface area contributed by atoms with Crippen LogP contribution in [-0.4, -0.2) is 12.2 Å². The molecule has 0 bridgehead atoms. The van der Waals surface area contributed by atoms with Gasteiger partial charge in [0, 0.05) is 5.57 Å². The van der Waals surface area contributed by atoms with Crippen molar-refractivity contribution >= 4 is 23.9 Å². The number of nitrogens with two attached hydrogens (primary N) is 1. The number of nitrogens with one attached hydrogen (secondary N) is 1. The largest absolute Gasteiger partial charge is 0.350 e. The molecular weight excluding hydrogens is 286 g/mol. The van der Waals surface area contributed by atoms with Crippen LogP contribution in [0.4, 0.5) is 4.79 Å². The molecular formula is C19H21N3O. The zero-order valence-electron chi connectivity index (χ0n) is 13.6. The summed E-state index contributed by atoms with van der Waals surface area (Å²) in [6, 6.07) is 13.5. The smallest absolute Gasteiger partial charge is 0.332 e. The first-order valence-electron chi connectivity index (χ1n) is 7.41. The van der Waals surface area contributed by atoms with Crippen molar-refractivity contribution in [3.05, 3.63) is 70.3 Å². The Balaban J connectivity index is 2.49. The number of aryl methyl sites for hydroxylation is 3. The summed E-state index contributed by atoms with van der Waals surface area (Å²) in [7, 11) is 0. The van der Waals surface area contributed by atoms with Crippen LogP contribution in [0.1, 0.15) is 27.8 Å². The van der Waals surface area contributed by atoms with Gasteiger partial charge in [0.15, 0.2) is 0 Å². The van der Waals surface area contributed by atoms with Crippen molar-refractivity contribution in [2.45, 2.75) is 20.8 Å². The topological polar surface area (TPSA) is 67.5 Å². The number of carbonyl (C=O) groups is 1. The van der Waals surface area contributed by atoms with Gasteiger partial charge in [-0.25, -0.2) is 10.2 Å². The second-order valence-corrected chi connectivity index (χ2v) is 5.51. The van der Waals surface area contributed by atoms with Crippen molar-refractivity contribution in [1.29, 1.82) is 0 Å². The van der Waals surface area contributed by atoms with E-state index in [2.05, 4.69) is 49.5 Å². The van der Waals surface area contributed by atoms with E-state index in [0.29, 0.717) is 0 Å². The van der Waals surface area contributed by atoms with Gasteiger partial charge in [-0.1, -0.05) is 48.0 Å². The zero-order chi connectivity index (χ0) is 16.8. The number of hydrazone groups is 1. The van der Waals surface area contributed by atoms with Gasteiger partial charge in [0.05, 0.1) is 6.21 Å². The van der Waals surface area contributed by atoms with E-state index in [9.17, 15) is 4.79 Å². The highest BCUT2D eigenvalue weighted by molar-refractivity contribution is 6.16. The number of urea groups is 1. The van der Waals surface area contributed by atoms with Crippen LogP contribution in [0.5, 0.6) is 0 Å². The molecule has 0 atom stereocenters. The minimum Gasteiger partial charge on any atom is -0.350 e.